The summed E-state index contributed by atoms with van der Waals surface area (Å²) in [6.45, 7) is 0.348. The van der Waals surface area contributed by atoms with Gasteiger partial charge in [0.15, 0.2) is 5.58 Å². The van der Waals surface area contributed by atoms with Crippen LogP contribution in [0.15, 0.2) is 65.1 Å². The zero-order valence-corrected chi connectivity index (χ0v) is 17.0. The standard InChI is InChI=1S/C21H17NO4.Na/c23-20(24)6-3-11-25-17-10-9-14-12-16(8-7-15(14)13-17)21-22-18-4-1-2-5-19(18)26-21;/h1-2,4-5,7-10,12-13H,3,6,11H2,(H,23,24);/q;+1/p-1. The fraction of sp³-hybridized carbons (Fsp3) is 0.143. The molecule has 4 aromatic rings. The third-order valence-corrected chi connectivity index (χ3v) is 4.15. The molecule has 0 unspecified atom stereocenters. The Hall–Kier alpha value is -2.34. The number of carbonyl (C=O) groups excluding carboxylic acids is 1. The molecule has 130 valence electrons. The van der Waals surface area contributed by atoms with Crippen molar-refractivity contribution in [2.24, 2.45) is 0 Å². The van der Waals surface area contributed by atoms with Crippen molar-refractivity contribution < 1.29 is 48.6 Å². The van der Waals surface area contributed by atoms with Crippen LogP contribution in [0, 0.1) is 0 Å². The molecule has 1 aromatic heterocycles. The molecule has 0 atom stereocenters. The fourth-order valence-corrected chi connectivity index (χ4v) is 2.85. The van der Waals surface area contributed by atoms with Gasteiger partial charge in [-0.3, -0.25) is 0 Å². The molecule has 0 N–H and O–H groups in total. The number of aromatic nitrogens is 1. The Morgan fingerprint density at radius 2 is 1.81 bits per heavy atom. The predicted molar refractivity (Wildman–Crippen MR) is 96.7 cm³/mol. The van der Waals surface area contributed by atoms with Crippen LogP contribution >= 0.6 is 0 Å². The molecule has 0 saturated heterocycles. The molecule has 0 aliphatic heterocycles. The van der Waals surface area contributed by atoms with E-state index in [1.54, 1.807) is 0 Å². The van der Waals surface area contributed by atoms with E-state index < -0.39 is 5.97 Å². The van der Waals surface area contributed by atoms with Crippen molar-refractivity contribution in [3.05, 3.63) is 60.7 Å². The number of benzene rings is 3. The van der Waals surface area contributed by atoms with Gasteiger partial charge in [-0.2, -0.15) is 0 Å². The SMILES string of the molecule is O=C([O-])CCCOc1ccc2cc(-c3nc4ccccc4o3)ccc2c1.[Na+]. The topological polar surface area (TPSA) is 75.4 Å². The number of carboxylic acid groups (broad SMARTS) is 1. The summed E-state index contributed by atoms with van der Waals surface area (Å²) in [6.07, 6.45) is 0.429. The molecular weight excluding hydrogens is 353 g/mol. The van der Waals surface area contributed by atoms with E-state index >= 15 is 0 Å². The quantitative estimate of drug-likeness (QED) is 0.367. The number of aliphatic carboxylic acids is 1. The van der Waals surface area contributed by atoms with Gasteiger partial charge in [0.2, 0.25) is 5.89 Å². The summed E-state index contributed by atoms with van der Waals surface area (Å²) in [6, 6.07) is 19.4. The number of nitrogens with zero attached hydrogens (tertiary/aromatic N) is 1. The largest absolute Gasteiger partial charge is 1.00 e. The van der Waals surface area contributed by atoms with E-state index in [9.17, 15) is 9.90 Å². The summed E-state index contributed by atoms with van der Waals surface area (Å²) in [7, 11) is 0. The maximum absolute atomic E-state index is 10.4. The molecule has 0 bridgehead atoms. The van der Waals surface area contributed by atoms with Gasteiger partial charge in [0.05, 0.1) is 6.61 Å². The van der Waals surface area contributed by atoms with E-state index in [0.717, 1.165) is 27.4 Å². The van der Waals surface area contributed by atoms with Gasteiger partial charge < -0.3 is 19.1 Å². The van der Waals surface area contributed by atoms with Gasteiger partial charge in [0.25, 0.3) is 0 Å². The Kier molecular flexibility index (Phi) is 6.16. The minimum absolute atomic E-state index is 0. The summed E-state index contributed by atoms with van der Waals surface area (Å²) >= 11 is 0. The molecule has 5 nitrogen and oxygen atoms in total. The third-order valence-electron chi connectivity index (χ3n) is 4.15. The second-order valence-corrected chi connectivity index (χ2v) is 6.03. The third kappa shape index (κ3) is 4.50. The van der Waals surface area contributed by atoms with Crippen LogP contribution in [0.5, 0.6) is 5.75 Å². The number of carboxylic acids is 1. The van der Waals surface area contributed by atoms with Gasteiger partial charge in [-0.1, -0.05) is 24.3 Å². The summed E-state index contributed by atoms with van der Waals surface area (Å²) in [4.78, 5) is 14.9. The van der Waals surface area contributed by atoms with Crippen LogP contribution in [0.4, 0.5) is 0 Å². The second kappa shape index (κ2) is 8.57. The van der Waals surface area contributed by atoms with Gasteiger partial charge in [0.1, 0.15) is 11.3 Å². The first-order valence-electron chi connectivity index (χ1n) is 8.41. The van der Waals surface area contributed by atoms with E-state index in [4.69, 9.17) is 9.15 Å². The average Bonchev–Trinajstić information content (AvgIpc) is 3.09. The van der Waals surface area contributed by atoms with Crippen molar-refractivity contribution in [2.75, 3.05) is 6.61 Å². The number of ether oxygens (including phenoxy) is 1. The Balaban J connectivity index is 0.00000210. The summed E-state index contributed by atoms with van der Waals surface area (Å²) in [5, 5.41) is 12.5. The van der Waals surface area contributed by atoms with Crippen molar-refractivity contribution in [1.82, 2.24) is 4.98 Å². The van der Waals surface area contributed by atoms with E-state index in [1.807, 2.05) is 60.7 Å². The molecule has 0 amide bonds. The molecule has 0 aliphatic carbocycles. The number of hydrogen-bond donors (Lipinski definition) is 0. The van der Waals surface area contributed by atoms with Gasteiger partial charge in [0, 0.05) is 11.5 Å². The van der Waals surface area contributed by atoms with Crippen molar-refractivity contribution in [3.63, 3.8) is 0 Å². The van der Waals surface area contributed by atoms with Crippen molar-refractivity contribution in [2.45, 2.75) is 12.8 Å². The summed E-state index contributed by atoms with van der Waals surface area (Å²) in [5.74, 6) is 0.250. The van der Waals surface area contributed by atoms with E-state index in [0.29, 0.717) is 24.7 Å². The summed E-state index contributed by atoms with van der Waals surface area (Å²) < 4.78 is 11.4. The smallest absolute Gasteiger partial charge is 0.550 e. The van der Waals surface area contributed by atoms with Gasteiger partial charge in [-0.05, 0) is 60.0 Å². The zero-order valence-electron chi connectivity index (χ0n) is 15.0. The average molecular weight is 369 g/mol. The number of para-hydroxylation sites is 2. The molecular formula is C21H16NNaO4. The van der Waals surface area contributed by atoms with Crippen LogP contribution in [0.3, 0.4) is 0 Å². The van der Waals surface area contributed by atoms with Crippen molar-refractivity contribution in [1.29, 1.82) is 0 Å². The fourth-order valence-electron chi connectivity index (χ4n) is 2.85. The maximum atomic E-state index is 10.4. The monoisotopic (exact) mass is 369 g/mol. The molecule has 1 heterocycles. The van der Waals surface area contributed by atoms with Crippen LogP contribution in [0.2, 0.25) is 0 Å². The molecule has 0 saturated carbocycles. The number of carbonyl (C=O) groups is 1. The van der Waals surface area contributed by atoms with Gasteiger partial charge >= 0.3 is 29.6 Å². The van der Waals surface area contributed by atoms with Crippen LogP contribution in [0.1, 0.15) is 12.8 Å². The first-order chi connectivity index (χ1) is 12.7. The summed E-state index contributed by atoms with van der Waals surface area (Å²) in [5.41, 5.74) is 2.52. The normalized spacial score (nSPS) is 10.7. The van der Waals surface area contributed by atoms with Crippen molar-refractivity contribution >= 4 is 27.8 Å². The molecule has 27 heavy (non-hydrogen) atoms. The first kappa shape index (κ1) is 19.4. The van der Waals surface area contributed by atoms with E-state index in [-0.39, 0.29) is 36.0 Å². The second-order valence-electron chi connectivity index (χ2n) is 6.03. The van der Waals surface area contributed by atoms with E-state index in [1.165, 1.54) is 0 Å². The number of hydrogen-bond acceptors (Lipinski definition) is 5. The van der Waals surface area contributed by atoms with Crippen molar-refractivity contribution in [3.8, 4) is 17.2 Å². The molecule has 0 fully saturated rings. The Morgan fingerprint density at radius 1 is 1.04 bits per heavy atom. The Bertz CT molecular complexity index is 1060. The number of rotatable bonds is 6. The Morgan fingerprint density at radius 3 is 2.63 bits per heavy atom. The van der Waals surface area contributed by atoms with Gasteiger partial charge in [-0.25, -0.2) is 4.98 Å². The molecule has 6 heteroatoms. The molecule has 0 radical (unpaired) electrons. The molecule has 0 spiro atoms. The predicted octanol–water partition coefficient (Wildman–Crippen LogP) is 0.561. The van der Waals surface area contributed by atoms with Crippen LogP contribution < -0.4 is 39.4 Å². The molecule has 4 rings (SSSR count). The first-order valence-corrected chi connectivity index (χ1v) is 8.41. The molecule has 0 aliphatic rings. The zero-order chi connectivity index (χ0) is 17.9. The maximum Gasteiger partial charge on any atom is 1.00 e. The Labute approximate surface area is 178 Å². The van der Waals surface area contributed by atoms with Crippen LogP contribution in [0.25, 0.3) is 33.3 Å². The van der Waals surface area contributed by atoms with Crippen LogP contribution in [-0.4, -0.2) is 17.6 Å². The molecule has 3 aromatic carbocycles. The number of oxazole rings is 1. The number of fused-ring (bicyclic) bond motifs is 2. The minimum atomic E-state index is -1.06. The minimum Gasteiger partial charge on any atom is -0.550 e. The van der Waals surface area contributed by atoms with Crippen LogP contribution in [-0.2, 0) is 4.79 Å². The van der Waals surface area contributed by atoms with E-state index in [2.05, 4.69) is 4.98 Å². The van der Waals surface area contributed by atoms with Gasteiger partial charge in [-0.15, -0.1) is 0 Å².